The van der Waals surface area contributed by atoms with Gasteiger partial charge in [-0.05, 0) is 68.7 Å². The number of likely N-dealkylation sites (tertiary alicyclic amines) is 1. The molecular weight excluding hydrogens is 428 g/mol. The fraction of sp³-hybridized carbons (Fsp3) is 0.500. The second-order valence-corrected chi connectivity index (χ2v) is 10.0. The van der Waals surface area contributed by atoms with Crippen molar-refractivity contribution in [3.05, 3.63) is 43.0 Å². The van der Waals surface area contributed by atoms with Crippen LogP contribution in [-0.2, 0) is 9.53 Å². The molecule has 3 aliphatic rings. The van der Waals surface area contributed by atoms with Crippen molar-refractivity contribution in [2.75, 3.05) is 31.1 Å². The van der Waals surface area contributed by atoms with Gasteiger partial charge in [0.1, 0.15) is 11.9 Å². The van der Waals surface area contributed by atoms with E-state index in [4.69, 9.17) is 14.7 Å². The van der Waals surface area contributed by atoms with Crippen molar-refractivity contribution >= 4 is 23.2 Å². The molecule has 8 heteroatoms. The van der Waals surface area contributed by atoms with Crippen LogP contribution in [0.5, 0.6) is 0 Å². The molecule has 0 radical (unpaired) electrons. The van der Waals surface area contributed by atoms with E-state index < -0.39 is 0 Å². The second kappa shape index (κ2) is 8.91. The highest BCUT2D eigenvalue weighted by Crippen LogP contribution is 2.44. The first-order chi connectivity index (χ1) is 16.7. The Bertz CT molecular complexity index is 1160. The van der Waals surface area contributed by atoms with Crippen LogP contribution >= 0.6 is 0 Å². The van der Waals surface area contributed by atoms with Gasteiger partial charge in [-0.25, -0.2) is 9.97 Å². The van der Waals surface area contributed by atoms with Crippen LogP contribution < -0.4 is 4.90 Å². The molecule has 2 saturated heterocycles. The third-order valence-corrected chi connectivity index (χ3v) is 8.13. The predicted molar refractivity (Wildman–Crippen MR) is 129 cm³/mol. The summed E-state index contributed by atoms with van der Waals surface area (Å²) in [5.41, 5.74) is 2.23. The average molecular weight is 459 g/mol. The van der Waals surface area contributed by atoms with Crippen molar-refractivity contribution in [2.24, 2.45) is 5.41 Å². The van der Waals surface area contributed by atoms with Crippen molar-refractivity contribution in [1.82, 2.24) is 24.8 Å². The number of ether oxygens (including phenoxy) is 1. The minimum absolute atomic E-state index is 0.107. The van der Waals surface area contributed by atoms with E-state index in [1.165, 1.54) is 19.3 Å². The van der Waals surface area contributed by atoms with Crippen molar-refractivity contribution in [2.45, 2.75) is 50.7 Å². The minimum atomic E-state index is 0.107. The topological polar surface area (TPSA) is 84.3 Å². The number of nitrogens with zero attached hydrogens (tertiary/aromatic N) is 6. The molecule has 0 bridgehead atoms. The number of carbonyl (C=O) groups excluding carboxylic acids is 1. The van der Waals surface area contributed by atoms with Gasteiger partial charge in [0, 0.05) is 55.2 Å². The number of aromatic nitrogens is 4. The quantitative estimate of drug-likeness (QED) is 0.538. The molecule has 0 amide bonds. The lowest BCUT2D eigenvalue weighted by Crippen LogP contribution is -2.43. The Morgan fingerprint density at radius 2 is 1.76 bits per heavy atom. The van der Waals surface area contributed by atoms with Gasteiger partial charge in [-0.15, -0.1) is 0 Å². The molecule has 1 spiro atoms. The molecular formula is C26H30N6O2. The van der Waals surface area contributed by atoms with Crippen LogP contribution in [0.2, 0.25) is 0 Å². The summed E-state index contributed by atoms with van der Waals surface area (Å²) in [6.07, 6.45) is 14.0. The van der Waals surface area contributed by atoms with Gasteiger partial charge in [0.15, 0.2) is 5.82 Å². The molecule has 2 atom stereocenters. The molecule has 1 aliphatic carbocycles. The predicted octanol–water partition coefficient (Wildman–Crippen LogP) is 3.47. The van der Waals surface area contributed by atoms with Crippen LogP contribution in [-0.4, -0.2) is 69.6 Å². The maximum atomic E-state index is 10.7. The Morgan fingerprint density at radius 3 is 2.59 bits per heavy atom. The van der Waals surface area contributed by atoms with E-state index in [1.807, 2.05) is 30.6 Å². The van der Waals surface area contributed by atoms with E-state index in [2.05, 4.69) is 19.8 Å². The molecule has 3 fully saturated rings. The first kappa shape index (κ1) is 21.4. The van der Waals surface area contributed by atoms with Gasteiger partial charge in [-0.3, -0.25) is 19.7 Å². The Kier molecular flexibility index (Phi) is 5.61. The molecule has 2 aliphatic heterocycles. The molecule has 5 heterocycles. The van der Waals surface area contributed by atoms with Crippen LogP contribution in [0.25, 0.3) is 22.3 Å². The Balaban J connectivity index is 1.19. The van der Waals surface area contributed by atoms with Crippen LogP contribution in [0.15, 0.2) is 43.0 Å². The third-order valence-electron chi connectivity index (χ3n) is 8.13. The van der Waals surface area contributed by atoms with E-state index in [9.17, 15) is 4.79 Å². The second-order valence-electron chi connectivity index (χ2n) is 10.0. The Hall–Kier alpha value is -3.13. The lowest BCUT2D eigenvalue weighted by atomic mass is 9.77. The van der Waals surface area contributed by atoms with E-state index in [0.717, 1.165) is 73.6 Å². The fourth-order valence-corrected chi connectivity index (χ4v) is 6.17. The highest BCUT2D eigenvalue weighted by atomic mass is 16.5. The van der Waals surface area contributed by atoms with Gasteiger partial charge in [-0.1, -0.05) is 0 Å². The zero-order chi connectivity index (χ0) is 23.0. The van der Waals surface area contributed by atoms with Crippen LogP contribution in [0.3, 0.4) is 0 Å². The molecule has 34 heavy (non-hydrogen) atoms. The van der Waals surface area contributed by atoms with E-state index in [-0.39, 0.29) is 6.10 Å². The first-order valence-corrected chi connectivity index (χ1v) is 12.3. The van der Waals surface area contributed by atoms with Crippen molar-refractivity contribution in [1.29, 1.82) is 0 Å². The maximum absolute atomic E-state index is 10.7. The highest BCUT2D eigenvalue weighted by molar-refractivity contribution is 5.90. The number of hydrogen-bond acceptors (Lipinski definition) is 8. The lowest BCUT2D eigenvalue weighted by molar-refractivity contribution is -0.133. The number of rotatable bonds is 5. The number of piperidine rings is 1. The van der Waals surface area contributed by atoms with Gasteiger partial charge in [0.05, 0.1) is 11.7 Å². The molecule has 0 N–H and O–H groups in total. The smallest absolute Gasteiger partial charge is 0.293 e. The van der Waals surface area contributed by atoms with Crippen LogP contribution in [0.1, 0.15) is 38.5 Å². The summed E-state index contributed by atoms with van der Waals surface area (Å²) in [6.45, 7) is 4.93. The van der Waals surface area contributed by atoms with Gasteiger partial charge >= 0.3 is 0 Å². The van der Waals surface area contributed by atoms with Crippen LogP contribution in [0, 0.1) is 5.41 Å². The Labute approximate surface area is 199 Å². The van der Waals surface area contributed by atoms with E-state index in [0.29, 0.717) is 17.9 Å². The SMILES string of the molecule is O=CO[C@@H]1CC[C@H](N2CCC3(CCN(c4nc(-c5ccncc5)nc5cnccc45)CC3)C2)C1. The highest BCUT2D eigenvalue weighted by Gasteiger charge is 2.44. The minimum Gasteiger partial charge on any atom is -0.465 e. The van der Waals surface area contributed by atoms with E-state index >= 15 is 0 Å². The molecule has 0 aromatic carbocycles. The summed E-state index contributed by atoms with van der Waals surface area (Å²) in [4.78, 5) is 34.0. The lowest BCUT2D eigenvalue weighted by Gasteiger charge is -2.40. The molecule has 176 valence electrons. The number of hydrogen-bond donors (Lipinski definition) is 0. The van der Waals surface area contributed by atoms with Crippen molar-refractivity contribution < 1.29 is 9.53 Å². The summed E-state index contributed by atoms with van der Waals surface area (Å²) in [5, 5.41) is 1.06. The summed E-state index contributed by atoms with van der Waals surface area (Å²) in [7, 11) is 0. The molecule has 1 saturated carbocycles. The summed E-state index contributed by atoms with van der Waals surface area (Å²) in [6, 6.07) is 6.49. The zero-order valence-corrected chi connectivity index (χ0v) is 19.3. The molecule has 3 aromatic heterocycles. The number of carbonyl (C=O) groups is 1. The molecule has 8 nitrogen and oxygen atoms in total. The largest absolute Gasteiger partial charge is 0.465 e. The average Bonchev–Trinajstić information content (AvgIpc) is 3.52. The standard InChI is InChI=1S/C26H30N6O2/c33-18-34-21-2-1-20(15-21)32-14-8-26(17-32)6-12-31(13-7-26)25-22-5-11-28-16-23(22)29-24(30-25)19-3-9-27-10-4-19/h3-5,9-11,16,18,20-21H,1-2,6-8,12-15,17H2/t20-,21+/m0/s1. The summed E-state index contributed by atoms with van der Waals surface area (Å²) in [5.74, 6) is 1.73. The van der Waals surface area contributed by atoms with Gasteiger partial charge in [-0.2, -0.15) is 0 Å². The number of pyridine rings is 2. The molecule has 3 aromatic rings. The summed E-state index contributed by atoms with van der Waals surface area (Å²) < 4.78 is 5.24. The monoisotopic (exact) mass is 458 g/mol. The van der Waals surface area contributed by atoms with Crippen LogP contribution in [0.4, 0.5) is 5.82 Å². The fourth-order valence-electron chi connectivity index (χ4n) is 6.17. The molecule has 6 rings (SSSR count). The van der Waals surface area contributed by atoms with Gasteiger partial charge in [0.2, 0.25) is 0 Å². The Morgan fingerprint density at radius 1 is 0.971 bits per heavy atom. The maximum Gasteiger partial charge on any atom is 0.293 e. The first-order valence-electron chi connectivity index (χ1n) is 12.3. The summed E-state index contributed by atoms with van der Waals surface area (Å²) >= 11 is 0. The van der Waals surface area contributed by atoms with Crippen molar-refractivity contribution in [3.63, 3.8) is 0 Å². The normalized spacial score (nSPS) is 24.6. The zero-order valence-electron chi connectivity index (χ0n) is 19.3. The number of anilines is 1. The third kappa shape index (κ3) is 4.00. The van der Waals surface area contributed by atoms with E-state index in [1.54, 1.807) is 12.4 Å². The van der Waals surface area contributed by atoms with Crippen molar-refractivity contribution in [3.8, 4) is 11.4 Å². The molecule has 0 unspecified atom stereocenters. The van der Waals surface area contributed by atoms with Gasteiger partial charge < -0.3 is 9.64 Å². The van der Waals surface area contributed by atoms with Gasteiger partial charge in [0.25, 0.3) is 6.47 Å². The number of fused-ring (bicyclic) bond motifs is 1.